The molecule has 2 nitrogen and oxygen atoms in total. The van der Waals surface area contributed by atoms with Crippen molar-refractivity contribution < 1.29 is 4.39 Å². The largest absolute Gasteiger partial charge is 0.366 e. The first-order valence-electron chi connectivity index (χ1n) is 3.68. The van der Waals surface area contributed by atoms with E-state index in [0.29, 0.717) is 15.8 Å². The minimum absolute atomic E-state index is 0.250. The van der Waals surface area contributed by atoms with Gasteiger partial charge in [-0.15, -0.1) is 0 Å². The fourth-order valence-electron chi connectivity index (χ4n) is 0.821. The average Bonchev–Trinajstić information content (AvgIpc) is 2.14. The third kappa shape index (κ3) is 2.80. The number of anilines is 1. The van der Waals surface area contributed by atoms with Gasteiger partial charge in [0.2, 0.25) is 0 Å². The zero-order chi connectivity index (χ0) is 10.7. The highest BCUT2D eigenvalue weighted by molar-refractivity contribution is 9.10. The molecule has 76 valence electrons. The Morgan fingerprint density at radius 3 is 2.71 bits per heavy atom. The van der Waals surface area contributed by atoms with Gasteiger partial charge in [-0.3, -0.25) is 0 Å². The maximum Gasteiger partial charge on any atom is 0.170 e. The number of nitrogens with one attached hydrogen (secondary N) is 2. The molecule has 0 saturated carbocycles. The maximum atomic E-state index is 13.2. The third-order valence-corrected chi connectivity index (χ3v) is 3.11. The molecule has 14 heavy (non-hydrogen) atoms. The van der Waals surface area contributed by atoms with Crippen LogP contribution in [0, 0.1) is 5.82 Å². The molecule has 0 spiro atoms. The fraction of sp³-hybridized carbons (Fsp3) is 0.125. The van der Waals surface area contributed by atoms with Crippen LogP contribution in [0.3, 0.4) is 0 Å². The zero-order valence-electron chi connectivity index (χ0n) is 7.20. The van der Waals surface area contributed by atoms with Crippen molar-refractivity contribution in [3.05, 3.63) is 27.4 Å². The highest BCUT2D eigenvalue weighted by Crippen LogP contribution is 2.28. The first kappa shape index (κ1) is 11.7. The Bertz CT molecular complexity index is 349. The summed E-state index contributed by atoms with van der Waals surface area (Å²) in [6.45, 7) is 0. The molecule has 0 aliphatic rings. The number of halogens is 3. The van der Waals surface area contributed by atoms with Gasteiger partial charge in [-0.25, -0.2) is 4.39 Å². The minimum Gasteiger partial charge on any atom is -0.366 e. The van der Waals surface area contributed by atoms with Crippen LogP contribution in [0.2, 0.25) is 5.02 Å². The molecule has 6 heteroatoms. The lowest BCUT2D eigenvalue weighted by Crippen LogP contribution is -2.24. The Kier molecular flexibility index (Phi) is 4.10. The second kappa shape index (κ2) is 4.91. The monoisotopic (exact) mass is 296 g/mol. The molecule has 0 saturated heterocycles. The van der Waals surface area contributed by atoms with Crippen LogP contribution in [-0.4, -0.2) is 12.2 Å². The number of thiocarbonyl (C=S) groups is 1. The van der Waals surface area contributed by atoms with Crippen LogP contribution in [0.15, 0.2) is 16.6 Å². The second-order valence-electron chi connectivity index (χ2n) is 2.46. The molecule has 0 bridgehead atoms. The Morgan fingerprint density at radius 1 is 1.57 bits per heavy atom. The normalized spacial score (nSPS) is 9.71. The molecule has 0 heterocycles. The summed E-state index contributed by atoms with van der Waals surface area (Å²) in [5.41, 5.74) is 0.509. The molecule has 1 rings (SSSR count). The van der Waals surface area contributed by atoms with E-state index in [1.165, 1.54) is 6.07 Å². The molecule has 0 unspecified atom stereocenters. The van der Waals surface area contributed by atoms with Gasteiger partial charge in [-0.1, -0.05) is 11.6 Å². The van der Waals surface area contributed by atoms with Crippen LogP contribution in [0.1, 0.15) is 0 Å². The lowest BCUT2D eigenvalue weighted by atomic mass is 10.3. The highest BCUT2D eigenvalue weighted by atomic mass is 79.9. The smallest absolute Gasteiger partial charge is 0.170 e. The standard InChI is InChI=1S/C8H7BrClFN2S/c1-12-8(14)13-4-2-5(10)7(9)6(11)3-4/h2-3H,1H3,(H2,12,13,14). The SMILES string of the molecule is CNC(=S)Nc1cc(F)c(Br)c(Cl)c1. The van der Waals surface area contributed by atoms with Crippen molar-refractivity contribution in [2.24, 2.45) is 0 Å². The van der Waals surface area contributed by atoms with E-state index in [4.69, 9.17) is 23.8 Å². The molecule has 0 aliphatic carbocycles. The van der Waals surface area contributed by atoms with E-state index in [1.54, 1.807) is 13.1 Å². The van der Waals surface area contributed by atoms with Gasteiger partial charge < -0.3 is 10.6 Å². The van der Waals surface area contributed by atoms with E-state index in [-0.39, 0.29) is 4.47 Å². The van der Waals surface area contributed by atoms with Gasteiger partial charge in [0.15, 0.2) is 5.11 Å². The molecule has 0 amide bonds. The summed E-state index contributed by atoms with van der Waals surface area (Å²) in [5, 5.41) is 6.19. The van der Waals surface area contributed by atoms with Crippen LogP contribution < -0.4 is 10.6 Å². The predicted molar refractivity (Wildman–Crippen MR) is 64.4 cm³/mol. The van der Waals surface area contributed by atoms with Gasteiger partial charge in [-0.2, -0.15) is 0 Å². The molecule has 0 aromatic heterocycles. The first-order valence-corrected chi connectivity index (χ1v) is 5.25. The van der Waals surface area contributed by atoms with E-state index >= 15 is 0 Å². The zero-order valence-corrected chi connectivity index (χ0v) is 10.4. The van der Waals surface area contributed by atoms with E-state index < -0.39 is 5.82 Å². The Hall–Kier alpha value is -0.390. The van der Waals surface area contributed by atoms with Crippen molar-refractivity contribution in [3.63, 3.8) is 0 Å². The van der Waals surface area contributed by atoms with Crippen molar-refractivity contribution in [1.29, 1.82) is 0 Å². The number of benzene rings is 1. The maximum absolute atomic E-state index is 13.2. The summed E-state index contributed by atoms with van der Waals surface area (Å²) < 4.78 is 13.4. The van der Waals surface area contributed by atoms with Gasteiger partial charge in [0.25, 0.3) is 0 Å². The van der Waals surface area contributed by atoms with Crippen LogP contribution in [0.4, 0.5) is 10.1 Å². The Morgan fingerprint density at radius 2 is 2.21 bits per heavy atom. The van der Waals surface area contributed by atoms with Crippen molar-refractivity contribution in [1.82, 2.24) is 5.32 Å². The summed E-state index contributed by atoms with van der Waals surface area (Å²) in [6.07, 6.45) is 0. The third-order valence-electron chi connectivity index (χ3n) is 1.47. The molecule has 0 aliphatic heterocycles. The van der Waals surface area contributed by atoms with Crippen LogP contribution >= 0.6 is 39.7 Å². The van der Waals surface area contributed by atoms with Gasteiger partial charge in [0.1, 0.15) is 5.82 Å². The lowest BCUT2D eigenvalue weighted by molar-refractivity contribution is 0.622. The van der Waals surface area contributed by atoms with Gasteiger partial charge in [-0.05, 0) is 40.3 Å². The number of hydrogen-bond donors (Lipinski definition) is 2. The molecule has 0 atom stereocenters. The molecule has 2 N–H and O–H groups in total. The Labute approximate surface area is 100.0 Å². The Balaban J connectivity index is 2.95. The van der Waals surface area contributed by atoms with Crippen LogP contribution in [0.25, 0.3) is 0 Å². The molecule has 1 aromatic carbocycles. The van der Waals surface area contributed by atoms with Crippen molar-refractivity contribution in [2.75, 3.05) is 12.4 Å². The second-order valence-corrected chi connectivity index (χ2v) is 4.07. The molecule has 1 aromatic rings. The molecule has 0 fully saturated rings. The average molecular weight is 298 g/mol. The molecule has 0 radical (unpaired) electrons. The van der Waals surface area contributed by atoms with E-state index in [0.717, 1.165) is 0 Å². The summed E-state index contributed by atoms with van der Waals surface area (Å²) in [7, 11) is 1.67. The van der Waals surface area contributed by atoms with Gasteiger partial charge in [0.05, 0.1) is 9.50 Å². The summed E-state index contributed by atoms with van der Waals surface area (Å²) >= 11 is 13.6. The summed E-state index contributed by atoms with van der Waals surface area (Å²) in [5.74, 6) is -0.432. The van der Waals surface area contributed by atoms with Crippen LogP contribution in [-0.2, 0) is 0 Å². The topological polar surface area (TPSA) is 24.1 Å². The van der Waals surface area contributed by atoms with Gasteiger partial charge >= 0.3 is 0 Å². The summed E-state index contributed by atoms with van der Waals surface area (Å²) in [4.78, 5) is 0. The van der Waals surface area contributed by atoms with Crippen molar-refractivity contribution in [3.8, 4) is 0 Å². The first-order chi connectivity index (χ1) is 6.54. The van der Waals surface area contributed by atoms with Crippen LogP contribution in [0.5, 0.6) is 0 Å². The van der Waals surface area contributed by atoms with E-state index in [1.807, 2.05) is 0 Å². The number of hydrogen-bond acceptors (Lipinski definition) is 1. The molecular formula is C8H7BrClFN2S. The highest BCUT2D eigenvalue weighted by Gasteiger charge is 2.07. The molecular weight excluding hydrogens is 291 g/mol. The van der Waals surface area contributed by atoms with Crippen molar-refractivity contribution in [2.45, 2.75) is 0 Å². The quantitative estimate of drug-likeness (QED) is 0.615. The fourth-order valence-corrected chi connectivity index (χ4v) is 1.38. The van der Waals surface area contributed by atoms with E-state index in [9.17, 15) is 4.39 Å². The van der Waals surface area contributed by atoms with Crippen molar-refractivity contribution >= 4 is 50.5 Å². The van der Waals surface area contributed by atoms with Gasteiger partial charge in [0, 0.05) is 12.7 Å². The minimum atomic E-state index is -0.432. The summed E-state index contributed by atoms with van der Waals surface area (Å²) in [6, 6.07) is 2.89. The number of rotatable bonds is 1. The van der Waals surface area contributed by atoms with E-state index in [2.05, 4.69) is 26.6 Å². The lowest BCUT2D eigenvalue weighted by Gasteiger charge is -2.08. The predicted octanol–water partition coefficient (Wildman–Crippen LogP) is 3.16.